The molecule has 0 unspecified atom stereocenters. The van der Waals surface area contributed by atoms with Gasteiger partial charge in [0, 0.05) is 7.14 Å². The van der Waals surface area contributed by atoms with Crippen molar-refractivity contribution < 1.29 is 4.42 Å². The number of rotatable bonds is 2. The molecule has 5 aromatic rings. The SMILES string of the molecule is Ic1ccc2ccccc2c1-c1nnc(-c2c(I)ccc3ccccc23)o1. The van der Waals surface area contributed by atoms with Crippen LogP contribution in [-0.4, -0.2) is 10.2 Å². The van der Waals surface area contributed by atoms with Gasteiger partial charge in [-0.2, -0.15) is 0 Å². The van der Waals surface area contributed by atoms with Crippen LogP contribution in [0.3, 0.4) is 0 Å². The maximum absolute atomic E-state index is 6.20. The third kappa shape index (κ3) is 2.93. The average molecular weight is 574 g/mol. The molecule has 0 fully saturated rings. The van der Waals surface area contributed by atoms with Crippen LogP contribution in [0.5, 0.6) is 0 Å². The van der Waals surface area contributed by atoms with E-state index in [1.807, 2.05) is 24.3 Å². The molecule has 5 heteroatoms. The van der Waals surface area contributed by atoms with Gasteiger partial charge >= 0.3 is 0 Å². The van der Waals surface area contributed by atoms with E-state index < -0.39 is 0 Å². The molecule has 4 aromatic carbocycles. The van der Waals surface area contributed by atoms with Crippen LogP contribution in [-0.2, 0) is 0 Å². The summed E-state index contributed by atoms with van der Waals surface area (Å²) in [6.45, 7) is 0. The number of benzene rings is 4. The number of fused-ring (bicyclic) bond motifs is 2. The molecular formula is C22H12I2N2O. The van der Waals surface area contributed by atoms with E-state index in [1.165, 1.54) is 0 Å². The second kappa shape index (κ2) is 6.87. The molecule has 0 saturated carbocycles. The highest BCUT2D eigenvalue weighted by Gasteiger charge is 2.19. The minimum Gasteiger partial charge on any atom is -0.416 e. The Balaban J connectivity index is 1.74. The Morgan fingerprint density at radius 3 is 1.48 bits per heavy atom. The van der Waals surface area contributed by atoms with E-state index in [0.29, 0.717) is 11.8 Å². The largest absolute Gasteiger partial charge is 0.416 e. The molecule has 3 nitrogen and oxygen atoms in total. The van der Waals surface area contributed by atoms with E-state index in [-0.39, 0.29) is 0 Å². The summed E-state index contributed by atoms with van der Waals surface area (Å²) in [4.78, 5) is 0. The summed E-state index contributed by atoms with van der Waals surface area (Å²) in [5.41, 5.74) is 1.98. The Morgan fingerprint density at radius 2 is 1.00 bits per heavy atom. The van der Waals surface area contributed by atoms with Crippen LogP contribution in [0.4, 0.5) is 0 Å². The zero-order chi connectivity index (χ0) is 18.4. The predicted molar refractivity (Wildman–Crippen MR) is 126 cm³/mol. The van der Waals surface area contributed by atoms with Crippen molar-refractivity contribution in [2.24, 2.45) is 0 Å². The van der Waals surface area contributed by atoms with Crippen molar-refractivity contribution in [3.8, 4) is 22.9 Å². The maximum Gasteiger partial charge on any atom is 0.249 e. The Bertz CT molecular complexity index is 1210. The molecule has 0 aliphatic carbocycles. The molecule has 0 aliphatic rings. The molecule has 130 valence electrons. The molecule has 0 N–H and O–H groups in total. The standard InChI is InChI=1S/C22H12I2N2O/c23-17-11-9-13-5-1-3-7-15(13)19(17)21-25-26-22(27-21)20-16-8-4-2-6-14(16)10-12-18(20)24/h1-12H. The highest BCUT2D eigenvalue weighted by Crippen LogP contribution is 2.37. The molecule has 0 bridgehead atoms. The zero-order valence-corrected chi connectivity index (χ0v) is 18.3. The third-order valence-corrected chi connectivity index (χ3v) is 6.41. The first-order valence-electron chi connectivity index (χ1n) is 8.41. The summed E-state index contributed by atoms with van der Waals surface area (Å²) in [5, 5.41) is 13.3. The van der Waals surface area contributed by atoms with Crippen LogP contribution in [0.25, 0.3) is 44.5 Å². The van der Waals surface area contributed by atoms with Gasteiger partial charge < -0.3 is 4.42 Å². The van der Waals surface area contributed by atoms with E-state index in [1.54, 1.807) is 0 Å². The number of halogens is 2. The fourth-order valence-electron chi connectivity index (χ4n) is 3.35. The van der Waals surface area contributed by atoms with Crippen molar-refractivity contribution in [1.29, 1.82) is 0 Å². The molecule has 0 spiro atoms. The highest BCUT2D eigenvalue weighted by atomic mass is 127. The number of hydrogen-bond acceptors (Lipinski definition) is 3. The molecular weight excluding hydrogens is 562 g/mol. The molecule has 0 amide bonds. The fourth-order valence-corrected chi connectivity index (χ4v) is 4.75. The van der Waals surface area contributed by atoms with E-state index in [4.69, 9.17) is 4.42 Å². The summed E-state index contributed by atoms with van der Waals surface area (Å²) < 4.78 is 8.39. The van der Waals surface area contributed by atoms with Crippen molar-refractivity contribution >= 4 is 66.7 Å². The molecule has 5 rings (SSSR count). The summed E-state index contributed by atoms with van der Waals surface area (Å²) in [6, 6.07) is 24.9. The lowest BCUT2D eigenvalue weighted by Crippen LogP contribution is -1.86. The predicted octanol–water partition coefficient (Wildman–Crippen LogP) is 6.92. The molecule has 1 heterocycles. The third-order valence-electron chi connectivity index (χ3n) is 4.61. The fraction of sp³-hybridized carbons (Fsp3) is 0. The van der Waals surface area contributed by atoms with Crippen molar-refractivity contribution in [3.63, 3.8) is 0 Å². The smallest absolute Gasteiger partial charge is 0.249 e. The summed E-state index contributed by atoms with van der Waals surface area (Å²) in [6.07, 6.45) is 0. The van der Waals surface area contributed by atoms with Crippen molar-refractivity contribution in [3.05, 3.63) is 79.9 Å². The minimum absolute atomic E-state index is 0.551. The van der Waals surface area contributed by atoms with Gasteiger partial charge in [-0.3, -0.25) is 0 Å². The summed E-state index contributed by atoms with van der Waals surface area (Å²) in [5.74, 6) is 1.10. The topological polar surface area (TPSA) is 38.9 Å². The van der Waals surface area contributed by atoms with E-state index >= 15 is 0 Å². The number of nitrogens with zero attached hydrogens (tertiary/aromatic N) is 2. The van der Waals surface area contributed by atoms with Crippen LogP contribution >= 0.6 is 45.2 Å². The lowest BCUT2D eigenvalue weighted by atomic mass is 10.0. The molecule has 1 aromatic heterocycles. The van der Waals surface area contributed by atoms with Crippen LogP contribution < -0.4 is 0 Å². The first-order chi connectivity index (χ1) is 13.2. The van der Waals surface area contributed by atoms with Crippen LogP contribution in [0, 0.1) is 7.14 Å². The van der Waals surface area contributed by atoms with Gasteiger partial charge in [0.25, 0.3) is 0 Å². The minimum atomic E-state index is 0.551. The molecule has 0 aliphatic heterocycles. The number of hydrogen-bond donors (Lipinski definition) is 0. The lowest BCUT2D eigenvalue weighted by Gasteiger charge is -2.06. The highest BCUT2D eigenvalue weighted by molar-refractivity contribution is 14.1. The summed E-state index contributed by atoms with van der Waals surface area (Å²) >= 11 is 4.66. The van der Waals surface area contributed by atoms with Gasteiger partial charge in [0.05, 0.1) is 11.1 Å². The second-order valence-electron chi connectivity index (χ2n) is 6.20. The second-order valence-corrected chi connectivity index (χ2v) is 8.52. The van der Waals surface area contributed by atoms with Gasteiger partial charge in [0.15, 0.2) is 0 Å². The van der Waals surface area contributed by atoms with Crippen molar-refractivity contribution in [2.75, 3.05) is 0 Å². The Morgan fingerprint density at radius 1 is 0.556 bits per heavy atom. The Labute approximate surface area is 183 Å². The van der Waals surface area contributed by atoms with Gasteiger partial charge in [-0.1, -0.05) is 60.7 Å². The van der Waals surface area contributed by atoms with E-state index in [9.17, 15) is 0 Å². The quantitative estimate of drug-likeness (QED) is 0.215. The Kier molecular flexibility index (Phi) is 4.35. The van der Waals surface area contributed by atoms with Crippen LogP contribution in [0.1, 0.15) is 0 Å². The van der Waals surface area contributed by atoms with Gasteiger partial charge in [0.2, 0.25) is 11.8 Å². The first kappa shape index (κ1) is 17.1. The number of aromatic nitrogens is 2. The van der Waals surface area contributed by atoms with Gasteiger partial charge in [-0.15, -0.1) is 10.2 Å². The average Bonchev–Trinajstić information content (AvgIpc) is 3.16. The maximum atomic E-state index is 6.20. The van der Waals surface area contributed by atoms with Gasteiger partial charge in [-0.25, -0.2) is 0 Å². The lowest BCUT2D eigenvalue weighted by molar-refractivity contribution is 0.585. The molecule has 0 atom stereocenters. The van der Waals surface area contributed by atoms with E-state index in [2.05, 4.69) is 104 Å². The molecule has 0 radical (unpaired) electrons. The normalized spacial score (nSPS) is 11.3. The van der Waals surface area contributed by atoms with Gasteiger partial charge in [-0.05, 0) is 78.9 Å². The van der Waals surface area contributed by atoms with Gasteiger partial charge in [0.1, 0.15) is 0 Å². The molecule has 0 saturated heterocycles. The summed E-state index contributed by atoms with van der Waals surface area (Å²) in [7, 11) is 0. The van der Waals surface area contributed by atoms with E-state index in [0.717, 1.165) is 39.8 Å². The van der Waals surface area contributed by atoms with Crippen molar-refractivity contribution in [2.45, 2.75) is 0 Å². The first-order valence-corrected chi connectivity index (χ1v) is 10.6. The van der Waals surface area contributed by atoms with Crippen molar-refractivity contribution in [1.82, 2.24) is 10.2 Å². The van der Waals surface area contributed by atoms with Crippen LogP contribution in [0.15, 0.2) is 77.2 Å². The molecule has 27 heavy (non-hydrogen) atoms. The Hall–Kier alpha value is -2.00. The van der Waals surface area contributed by atoms with Crippen LogP contribution in [0.2, 0.25) is 0 Å². The zero-order valence-electron chi connectivity index (χ0n) is 14.0. The monoisotopic (exact) mass is 574 g/mol.